The Kier molecular flexibility index (Phi) is 7.09. The molecule has 80 valence electrons. The molecule has 0 aromatic rings. The average molecular weight is 195 g/mol. The van der Waals surface area contributed by atoms with Crippen LogP contribution in [0.15, 0.2) is 0 Å². The van der Waals surface area contributed by atoms with Gasteiger partial charge < -0.3 is 10.1 Å². The molecule has 0 fully saturated rings. The number of hydrogen-bond donors (Lipinski definition) is 1. The summed E-state index contributed by atoms with van der Waals surface area (Å²) in [5, 5.41) is 3.08. The van der Waals surface area contributed by atoms with Crippen LogP contribution >= 0.6 is 0 Å². The molecule has 1 atom stereocenters. The molecule has 0 aliphatic heterocycles. The summed E-state index contributed by atoms with van der Waals surface area (Å²) >= 11 is 0. The Labute approximate surface area is 78.7 Å². The fourth-order valence-electron chi connectivity index (χ4n) is 0.970. The highest BCUT2D eigenvalue weighted by molar-refractivity contribution is 4.65. The predicted octanol–water partition coefficient (Wildman–Crippen LogP) is 1.90. The standard InChI is InChI=1S/C9H19F2NO/c1-4-12-5-8(7(2)3)13-6-9(10)11/h7-9,12H,4-6H2,1-3H3. The molecule has 0 saturated heterocycles. The molecule has 0 aliphatic carbocycles. The molecule has 0 radical (unpaired) electrons. The van der Waals surface area contributed by atoms with Gasteiger partial charge in [-0.15, -0.1) is 0 Å². The van der Waals surface area contributed by atoms with Crippen LogP contribution in [0.4, 0.5) is 8.78 Å². The first-order valence-corrected chi connectivity index (χ1v) is 4.68. The molecule has 4 heteroatoms. The number of rotatable bonds is 7. The summed E-state index contributed by atoms with van der Waals surface area (Å²) in [4.78, 5) is 0. The Hall–Kier alpha value is -0.220. The van der Waals surface area contributed by atoms with Crippen molar-refractivity contribution < 1.29 is 13.5 Å². The Balaban J connectivity index is 3.67. The average Bonchev–Trinajstić information content (AvgIpc) is 2.03. The first-order valence-electron chi connectivity index (χ1n) is 4.68. The maximum atomic E-state index is 11.8. The molecule has 0 rings (SSSR count). The molecular weight excluding hydrogens is 176 g/mol. The fraction of sp³-hybridized carbons (Fsp3) is 1.00. The minimum atomic E-state index is -2.37. The zero-order chi connectivity index (χ0) is 10.3. The number of halogens is 2. The second-order valence-corrected chi connectivity index (χ2v) is 3.31. The fourth-order valence-corrected chi connectivity index (χ4v) is 0.970. The van der Waals surface area contributed by atoms with Gasteiger partial charge in [0.2, 0.25) is 0 Å². The molecular formula is C9H19F2NO. The molecule has 0 spiro atoms. The molecule has 0 aromatic carbocycles. The van der Waals surface area contributed by atoms with Crippen molar-refractivity contribution >= 4 is 0 Å². The van der Waals surface area contributed by atoms with Gasteiger partial charge in [-0.2, -0.15) is 0 Å². The van der Waals surface area contributed by atoms with Gasteiger partial charge in [0.05, 0.1) is 6.10 Å². The quantitative estimate of drug-likeness (QED) is 0.670. The highest BCUT2D eigenvalue weighted by Gasteiger charge is 2.15. The molecule has 0 saturated carbocycles. The number of likely N-dealkylation sites (N-methyl/N-ethyl adjacent to an activating group) is 1. The third-order valence-corrected chi connectivity index (χ3v) is 1.78. The zero-order valence-electron chi connectivity index (χ0n) is 8.52. The Morgan fingerprint density at radius 3 is 2.31 bits per heavy atom. The van der Waals surface area contributed by atoms with Crippen molar-refractivity contribution in [2.75, 3.05) is 19.7 Å². The number of hydrogen-bond acceptors (Lipinski definition) is 2. The molecule has 13 heavy (non-hydrogen) atoms. The zero-order valence-corrected chi connectivity index (χ0v) is 8.52. The number of alkyl halides is 2. The van der Waals surface area contributed by atoms with Gasteiger partial charge in [0.15, 0.2) is 0 Å². The lowest BCUT2D eigenvalue weighted by atomic mass is 10.1. The van der Waals surface area contributed by atoms with Gasteiger partial charge in [0.1, 0.15) is 6.61 Å². The van der Waals surface area contributed by atoms with E-state index in [2.05, 4.69) is 5.32 Å². The van der Waals surface area contributed by atoms with Crippen molar-refractivity contribution in [1.29, 1.82) is 0 Å². The summed E-state index contributed by atoms with van der Waals surface area (Å²) in [6, 6.07) is 0. The van der Waals surface area contributed by atoms with E-state index in [9.17, 15) is 8.78 Å². The van der Waals surface area contributed by atoms with Gasteiger partial charge in [0.25, 0.3) is 6.43 Å². The Bertz CT molecular complexity index is 120. The van der Waals surface area contributed by atoms with E-state index in [0.717, 1.165) is 6.54 Å². The van der Waals surface area contributed by atoms with Gasteiger partial charge in [-0.1, -0.05) is 20.8 Å². The molecule has 0 aliphatic rings. The van der Waals surface area contributed by atoms with E-state index in [1.165, 1.54) is 0 Å². The van der Waals surface area contributed by atoms with E-state index in [4.69, 9.17) is 4.74 Å². The minimum Gasteiger partial charge on any atom is -0.371 e. The van der Waals surface area contributed by atoms with Crippen LogP contribution in [0.1, 0.15) is 20.8 Å². The summed E-state index contributed by atoms with van der Waals surface area (Å²) in [5.41, 5.74) is 0. The summed E-state index contributed by atoms with van der Waals surface area (Å²) in [6.07, 6.45) is -2.49. The van der Waals surface area contributed by atoms with Crippen LogP contribution in [0.5, 0.6) is 0 Å². The largest absolute Gasteiger partial charge is 0.371 e. The Morgan fingerprint density at radius 2 is 1.92 bits per heavy atom. The van der Waals surface area contributed by atoms with E-state index in [1.54, 1.807) is 0 Å². The van der Waals surface area contributed by atoms with Crippen molar-refractivity contribution in [2.45, 2.75) is 33.3 Å². The summed E-state index contributed by atoms with van der Waals surface area (Å²) < 4.78 is 28.7. The van der Waals surface area contributed by atoms with Crippen molar-refractivity contribution in [1.82, 2.24) is 5.32 Å². The van der Waals surface area contributed by atoms with Crippen LogP contribution in [0.3, 0.4) is 0 Å². The third kappa shape index (κ3) is 6.90. The van der Waals surface area contributed by atoms with Gasteiger partial charge in [0, 0.05) is 6.54 Å². The van der Waals surface area contributed by atoms with E-state index in [1.807, 2.05) is 20.8 Å². The third-order valence-electron chi connectivity index (χ3n) is 1.78. The molecule has 0 heterocycles. The summed E-state index contributed by atoms with van der Waals surface area (Å²) in [6.45, 7) is 6.92. The van der Waals surface area contributed by atoms with Crippen LogP contribution in [-0.2, 0) is 4.74 Å². The van der Waals surface area contributed by atoms with Crippen LogP contribution in [0, 0.1) is 5.92 Å². The predicted molar refractivity (Wildman–Crippen MR) is 49.1 cm³/mol. The molecule has 1 unspecified atom stereocenters. The number of nitrogens with one attached hydrogen (secondary N) is 1. The lowest BCUT2D eigenvalue weighted by Gasteiger charge is -2.21. The van der Waals surface area contributed by atoms with Crippen LogP contribution in [-0.4, -0.2) is 32.2 Å². The monoisotopic (exact) mass is 195 g/mol. The number of ether oxygens (including phenoxy) is 1. The van der Waals surface area contributed by atoms with Gasteiger partial charge in [-0.05, 0) is 12.5 Å². The normalized spacial score (nSPS) is 14.1. The van der Waals surface area contributed by atoms with E-state index in [0.29, 0.717) is 6.54 Å². The van der Waals surface area contributed by atoms with E-state index < -0.39 is 13.0 Å². The van der Waals surface area contributed by atoms with Gasteiger partial charge in [-0.25, -0.2) is 8.78 Å². The van der Waals surface area contributed by atoms with Gasteiger partial charge in [-0.3, -0.25) is 0 Å². The summed E-state index contributed by atoms with van der Waals surface area (Å²) in [7, 11) is 0. The Morgan fingerprint density at radius 1 is 1.31 bits per heavy atom. The van der Waals surface area contributed by atoms with Crippen molar-refractivity contribution in [2.24, 2.45) is 5.92 Å². The second kappa shape index (κ2) is 7.21. The molecule has 0 amide bonds. The SMILES string of the molecule is CCNCC(OCC(F)F)C(C)C. The van der Waals surface area contributed by atoms with Crippen molar-refractivity contribution in [3.63, 3.8) is 0 Å². The summed E-state index contributed by atoms with van der Waals surface area (Å²) in [5.74, 6) is 0.262. The molecule has 0 aromatic heterocycles. The van der Waals surface area contributed by atoms with E-state index in [-0.39, 0.29) is 12.0 Å². The van der Waals surface area contributed by atoms with Crippen molar-refractivity contribution in [3.05, 3.63) is 0 Å². The van der Waals surface area contributed by atoms with Crippen LogP contribution in [0.2, 0.25) is 0 Å². The maximum absolute atomic E-state index is 11.8. The topological polar surface area (TPSA) is 21.3 Å². The molecule has 0 bridgehead atoms. The first kappa shape index (κ1) is 12.8. The molecule has 2 nitrogen and oxygen atoms in total. The van der Waals surface area contributed by atoms with Crippen LogP contribution < -0.4 is 5.32 Å². The lowest BCUT2D eigenvalue weighted by molar-refractivity contribution is -0.0398. The lowest BCUT2D eigenvalue weighted by Crippen LogP contribution is -2.34. The second-order valence-electron chi connectivity index (χ2n) is 3.31. The minimum absolute atomic E-state index is 0.117. The first-order chi connectivity index (χ1) is 6.07. The highest BCUT2D eigenvalue weighted by atomic mass is 19.3. The highest BCUT2D eigenvalue weighted by Crippen LogP contribution is 2.07. The smallest absolute Gasteiger partial charge is 0.261 e. The van der Waals surface area contributed by atoms with Crippen molar-refractivity contribution in [3.8, 4) is 0 Å². The van der Waals surface area contributed by atoms with E-state index >= 15 is 0 Å². The van der Waals surface area contributed by atoms with Crippen LogP contribution in [0.25, 0.3) is 0 Å². The maximum Gasteiger partial charge on any atom is 0.261 e. The molecule has 1 N–H and O–H groups in total. The van der Waals surface area contributed by atoms with Gasteiger partial charge >= 0.3 is 0 Å².